The molecule has 36 heavy (non-hydrogen) atoms. The molecule has 3 aromatic rings. The minimum atomic E-state index is -0.0174. The van der Waals surface area contributed by atoms with E-state index in [1.807, 2.05) is 59.5 Å². The second-order valence-electron chi connectivity index (χ2n) is 9.09. The van der Waals surface area contributed by atoms with Crippen LogP contribution in [0.15, 0.2) is 66.7 Å². The van der Waals surface area contributed by atoms with E-state index in [2.05, 4.69) is 17.0 Å². The molecule has 5 rings (SSSR count). The lowest BCUT2D eigenvalue weighted by Gasteiger charge is -2.39. The standard InChI is InChI=1S/C29H32N2O5/c1-33-25-9-7-22(8-10-25)29(32)31(24-4-3-5-26(19-24)34-2)23-12-14-30(15-13-23)20-21-6-11-27-28(18-21)36-17-16-35-27/h3-11,18-19,23H,12-17,20H2,1-2H3. The van der Waals surface area contributed by atoms with Gasteiger partial charge in [-0.05, 0) is 66.9 Å². The van der Waals surface area contributed by atoms with Gasteiger partial charge in [0.1, 0.15) is 24.7 Å². The average molecular weight is 489 g/mol. The number of likely N-dealkylation sites (tertiary alicyclic amines) is 1. The molecule has 0 atom stereocenters. The number of anilines is 1. The number of nitrogens with zero attached hydrogens (tertiary/aromatic N) is 2. The number of benzene rings is 3. The molecular weight excluding hydrogens is 456 g/mol. The van der Waals surface area contributed by atoms with E-state index in [4.69, 9.17) is 18.9 Å². The molecule has 2 aliphatic rings. The van der Waals surface area contributed by atoms with E-state index in [1.54, 1.807) is 14.2 Å². The molecule has 3 aromatic carbocycles. The van der Waals surface area contributed by atoms with Crippen LogP contribution in [-0.2, 0) is 6.54 Å². The number of fused-ring (bicyclic) bond motifs is 1. The van der Waals surface area contributed by atoms with Crippen LogP contribution in [0, 0.1) is 0 Å². The molecule has 0 unspecified atom stereocenters. The van der Waals surface area contributed by atoms with Crippen LogP contribution in [0.4, 0.5) is 5.69 Å². The number of carbonyl (C=O) groups is 1. The lowest BCUT2D eigenvalue weighted by Crippen LogP contribution is -2.47. The maximum Gasteiger partial charge on any atom is 0.258 e. The molecule has 1 saturated heterocycles. The van der Waals surface area contributed by atoms with E-state index >= 15 is 0 Å². The molecule has 0 N–H and O–H groups in total. The molecule has 2 aliphatic heterocycles. The van der Waals surface area contributed by atoms with Gasteiger partial charge in [-0.15, -0.1) is 0 Å². The van der Waals surface area contributed by atoms with E-state index in [0.717, 1.165) is 61.2 Å². The van der Waals surface area contributed by atoms with Gasteiger partial charge in [-0.2, -0.15) is 0 Å². The predicted molar refractivity (Wildman–Crippen MR) is 139 cm³/mol. The summed E-state index contributed by atoms with van der Waals surface area (Å²) in [7, 11) is 3.27. The average Bonchev–Trinajstić information content (AvgIpc) is 2.94. The summed E-state index contributed by atoms with van der Waals surface area (Å²) in [6, 6.07) is 21.3. The topological polar surface area (TPSA) is 60.5 Å². The molecule has 7 nitrogen and oxygen atoms in total. The van der Waals surface area contributed by atoms with Crippen LogP contribution in [0.2, 0.25) is 0 Å². The Kier molecular flexibility index (Phi) is 7.28. The first kappa shape index (κ1) is 24.0. The molecule has 1 fully saturated rings. The van der Waals surface area contributed by atoms with Gasteiger partial charge in [0.15, 0.2) is 11.5 Å². The Hall–Kier alpha value is -3.71. The Balaban J connectivity index is 1.31. The van der Waals surface area contributed by atoms with Crippen LogP contribution in [0.25, 0.3) is 0 Å². The Bertz CT molecular complexity index is 1190. The number of amides is 1. The van der Waals surface area contributed by atoms with E-state index in [1.165, 1.54) is 5.56 Å². The van der Waals surface area contributed by atoms with Crippen LogP contribution < -0.4 is 23.8 Å². The zero-order valence-electron chi connectivity index (χ0n) is 20.8. The van der Waals surface area contributed by atoms with E-state index < -0.39 is 0 Å². The molecule has 7 heteroatoms. The van der Waals surface area contributed by atoms with Crippen LogP contribution in [0.1, 0.15) is 28.8 Å². The third-order valence-electron chi connectivity index (χ3n) is 6.82. The second kappa shape index (κ2) is 10.9. The molecule has 0 aliphatic carbocycles. The van der Waals surface area contributed by atoms with Gasteiger partial charge in [-0.3, -0.25) is 9.69 Å². The molecular formula is C29H32N2O5. The van der Waals surface area contributed by atoms with Gasteiger partial charge in [0.25, 0.3) is 5.91 Å². The predicted octanol–water partition coefficient (Wildman–Crippen LogP) is 4.79. The summed E-state index contributed by atoms with van der Waals surface area (Å²) in [5.41, 5.74) is 2.69. The van der Waals surface area contributed by atoms with Crippen molar-refractivity contribution in [2.75, 3.05) is 45.4 Å². The van der Waals surface area contributed by atoms with Crippen LogP contribution in [-0.4, -0.2) is 57.4 Å². The first-order chi connectivity index (χ1) is 17.6. The minimum absolute atomic E-state index is 0.0174. The van der Waals surface area contributed by atoms with Gasteiger partial charge in [0.05, 0.1) is 14.2 Å². The second-order valence-corrected chi connectivity index (χ2v) is 9.09. The zero-order valence-corrected chi connectivity index (χ0v) is 20.8. The van der Waals surface area contributed by atoms with E-state index in [-0.39, 0.29) is 11.9 Å². The highest BCUT2D eigenvalue weighted by atomic mass is 16.6. The molecule has 2 heterocycles. The smallest absolute Gasteiger partial charge is 0.258 e. The van der Waals surface area contributed by atoms with Crippen molar-refractivity contribution in [1.29, 1.82) is 0 Å². The van der Waals surface area contributed by atoms with Gasteiger partial charge in [0, 0.05) is 43.0 Å². The summed E-state index contributed by atoms with van der Waals surface area (Å²) in [4.78, 5) is 18.1. The van der Waals surface area contributed by atoms with Gasteiger partial charge < -0.3 is 23.8 Å². The number of piperidine rings is 1. The Morgan fingerprint density at radius 2 is 1.61 bits per heavy atom. The number of ether oxygens (including phenoxy) is 4. The van der Waals surface area contributed by atoms with Crippen molar-refractivity contribution in [3.63, 3.8) is 0 Å². The van der Waals surface area contributed by atoms with E-state index in [9.17, 15) is 4.79 Å². The summed E-state index contributed by atoms with van der Waals surface area (Å²) in [5, 5.41) is 0. The highest BCUT2D eigenvalue weighted by Gasteiger charge is 2.30. The van der Waals surface area contributed by atoms with Gasteiger partial charge in [-0.1, -0.05) is 12.1 Å². The lowest BCUT2D eigenvalue weighted by atomic mass is 10.00. The zero-order chi connectivity index (χ0) is 24.9. The summed E-state index contributed by atoms with van der Waals surface area (Å²) >= 11 is 0. The first-order valence-electron chi connectivity index (χ1n) is 12.4. The molecule has 0 spiro atoms. The normalized spacial score (nSPS) is 15.8. The third kappa shape index (κ3) is 5.26. The lowest BCUT2D eigenvalue weighted by molar-refractivity contribution is 0.0958. The van der Waals surface area contributed by atoms with Crippen LogP contribution in [0.3, 0.4) is 0 Å². The fraction of sp³-hybridized carbons (Fsp3) is 0.345. The monoisotopic (exact) mass is 488 g/mol. The fourth-order valence-electron chi connectivity index (χ4n) is 4.91. The summed E-state index contributed by atoms with van der Waals surface area (Å²) in [6.07, 6.45) is 1.76. The summed E-state index contributed by atoms with van der Waals surface area (Å²) < 4.78 is 22.1. The van der Waals surface area contributed by atoms with Crippen molar-refractivity contribution in [3.8, 4) is 23.0 Å². The number of carbonyl (C=O) groups excluding carboxylic acids is 1. The molecule has 0 radical (unpaired) electrons. The molecule has 1 amide bonds. The van der Waals surface area contributed by atoms with Crippen molar-refractivity contribution in [2.45, 2.75) is 25.4 Å². The van der Waals surface area contributed by atoms with Crippen molar-refractivity contribution in [3.05, 3.63) is 77.9 Å². The van der Waals surface area contributed by atoms with Crippen molar-refractivity contribution in [1.82, 2.24) is 4.90 Å². The van der Waals surface area contributed by atoms with Gasteiger partial charge in [-0.25, -0.2) is 0 Å². The molecule has 0 saturated carbocycles. The SMILES string of the molecule is COc1ccc(C(=O)N(c2cccc(OC)c2)C2CCN(Cc3ccc4c(c3)OCCO4)CC2)cc1. The number of methoxy groups -OCH3 is 2. The third-order valence-corrected chi connectivity index (χ3v) is 6.82. The van der Waals surface area contributed by atoms with Crippen LogP contribution in [0.5, 0.6) is 23.0 Å². The first-order valence-corrected chi connectivity index (χ1v) is 12.4. The number of rotatable bonds is 7. The van der Waals surface area contributed by atoms with Crippen molar-refractivity contribution >= 4 is 11.6 Å². The summed E-state index contributed by atoms with van der Waals surface area (Å²) in [5.74, 6) is 3.08. The fourth-order valence-corrected chi connectivity index (χ4v) is 4.91. The highest BCUT2D eigenvalue weighted by Crippen LogP contribution is 2.32. The molecule has 188 valence electrons. The van der Waals surface area contributed by atoms with Crippen molar-refractivity contribution in [2.24, 2.45) is 0 Å². The Labute approximate surface area is 212 Å². The molecule has 0 bridgehead atoms. The minimum Gasteiger partial charge on any atom is -0.497 e. The maximum atomic E-state index is 13.8. The van der Waals surface area contributed by atoms with Crippen LogP contribution >= 0.6 is 0 Å². The largest absolute Gasteiger partial charge is 0.497 e. The Morgan fingerprint density at radius 3 is 2.33 bits per heavy atom. The number of hydrogen-bond donors (Lipinski definition) is 0. The highest BCUT2D eigenvalue weighted by molar-refractivity contribution is 6.06. The van der Waals surface area contributed by atoms with Crippen molar-refractivity contribution < 1.29 is 23.7 Å². The summed E-state index contributed by atoms with van der Waals surface area (Å²) in [6.45, 7) is 3.82. The van der Waals surface area contributed by atoms with Gasteiger partial charge >= 0.3 is 0 Å². The Morgan fingerprint density at radius 1 is 0.889 bits per heavy atom. The number of hydrogen-bond acceptors (Lipinski definition) is 6. The van der Waals surface area contributed by atoms with Gasteiger partial charge in [0.2, 0.25) is 0 Å². The molecule has 0 aromatic heterocycles. The quantitative estimate of drug-likeness (QED) is 0.477. The maximum absolute atomic E-state index is 13.8. The van der Waals surface area contributed by atoms with E-state index in [0.29, 0.717) is 18.8 Å².